The van der Waals surface area contributed by atoms with Crippen LogP contribution in [-0.4, -0.2) is 155 Å². The number of nitrogens with zero attached hydrogens (tertiary/aromatic N) is 5. The van der Waals surface area contributed by atoms with Gasteiger partial charge in [-0.2, -0.15) is 13.2 Å². The minimum atomic E-state index is -6.14. The Bertz CT molecular complexity index is 3700. The maximum Gasteiger partial charge on any atom is 0.501 e. The number of piperazine rings is 2. The normalized spacial score (nSPS) is 19.4. The van der Waals surface area contributed by atoms with Crippen LogP contribution in [0.3, 0.4) is 0 Å². The third-order valence-corrected chi connectivity index (χ3v) is 20.9. The van der Waals surface area contributed by atoms with Gasteiger partial charge in [-0.3, -0.25) is 34.3 Å². The van der Waals surface area contributed by atoms with Crippen LogP contribution in [0.1, 0.15) is 89.8 Å². The van der Waals surface area contributed by atoms with Gasteiger partial charge in [-0.25, -0.2) is 21.6 Å². The van der Waals surface area contributed by atoms with E-state index in [9.17, 15) is 49.2 Å². The Morgan fingerprint density at radius 3 is 2.22 bits per heavy atom. The van der Waals surface area contributed by atoms with Gasteiger partial charge < -0.3 is 20.0 Å². The van der Waals surface area contributed by atoms with Crippen LogP contribution in [0, 0.1) is 17.3 Å². The number of carbonyl (C=O) groups excluding carboxylic acids is 4. The number of alkyl halides is 3. The molecule has 4 amide bonds. The van der Waals surface area contributed by atoms with Crippen LogP contribution in [0.5, 0.6) is 0 Å². The van der Waals surface area contributed by atoms with Crippen molar-refractivity contribution in [3.8, 4) is 11.8 Å². The van der Waals surface area contributed by atoms with Gasteiger partial charge in [0.15, 0.2) is 0 Å². The van der Waals surface area contributed by atoms with Crippen LogP contribution < -0.4 is 20.3 Å². The molecule has 0 bridgehead atoms. The standard InChI is InChI=1S/C63H68ClF3N8O8S3/c1-62(2)27-25-52(44-13-17-47(64)18-14-44)46(39-62)40-73-34-36-74(37-35-73)49-19-15-45(16-20-49)59(77)70-86(82,83)51-21-22-55(57(38-51)85(80,81)63(65,66)67)68-48(42-84-50-10-4-3-5-11-50)26-29-72-32-30-71(31-33-72)28-7-9-43-8-6-12-53-54(43)41-75(61(53)79)56-23-24-58(76)69-60(56)78/h3-6,8,10-22,38,48,56,68H,23-37,39-42H2,1-2H3,(H,70,77)(H,69,76,78)/t48-,56?/m1/s1. The van der Waals surface area contributed by atoms with E-state index in [0.717, 1.165) is 67.2 Å². The molecule has 3 N–H and O–H groups in total. The fourth-order valence-electron chi connectivity index (χ4n) is 11.8. The number of piperidine rings is 1. The molecule has 0 spiro atoms. The van der Waals surface area contributed by atoms with Gasteiger partial charge in [0.2, 0.25) is 11.8 Å². The highest BCUT2D eigenvalue weighted by atomic mass is 35.5. The molecule has 2 atom stereocenters. The molecule has 10 rings (SSSR count). The average Bonchev–Trinajstić information content (AvgIpc) is 1.52. The van der Waals surface area contributed by atoms with Crippen LogP contribution in [0.25, 0.3) is 5.57 Å². The van der Waals surface area contributed by atoms with Gasteiger partial charge in [0, 0.05) is 123 Å². The molecule has 4 aliphatic heterocycles. The number of sulfonamides is 1. The first-order valence-corrected chi connectivity index (χ1v) is 33.0. The quantitative estimate of drug-likeness (QED) is 0.0429. The fourth-order valence-corrected chi connectivity index (χ4v) is 14.9. The second-order valence-electron chi connectivity index (χ2n) is 23.2. The number of sulfone groups is 1. The number of fused-ring (bicyclic) bond motifs is 1. The van der Waals surface area contributed by atoms with Crippen LogP contribution in [-0.2, 0) is 36.0 Å². The molecule has 86 heavy (non-hydrogen) atoms. The molecule has 3 fully saturated rings. The molecule has 16 nitrogen and oxygen atoms in total. The van der Waals surface area contributed by atoms with Gasteiger partial charge in [0.05, 0.1) is 17.1 Å². The molecular formula is C63H68ClF3N8O8S3. The van der Waals surface area contributed by atoms with Gasteiger partial charge >= 0.3 is 5.51 Å². The van der Waals surface area contributed by atoms with E-state index in [1.54, 1.807) is 24.3 Å². The lowest BCUT2D eigenvalue weighted by molar-refractivity contribution is -0.136. The SMILES string of the molecule is CC1(C)CCC(c2ccc(Cl)cc2)=C(CN2CCN(c3ccc(C(=O)NS(=O)(=O)c4ccc(N[C@H](CCN5CCN(CC#Cc6cccc7c6CN(C6CCC(=O)NC6=O)C7=O)CC5)CSc5ccccc5)c(S(=O)(=O)C(F)(F)F)c4)cc3)CC2)C1. The number of nitrogens with one attached hydrogen (secondary N) is 3. The highest BCUT2D eigenvalue weighted by Gasteiger charge is 2.49. The van der Waals surface area contributed by atoms with Gasteiger partial charge in [0.25, 0.3) is 31.7 Å². The van der Waals surface area contributed by atoms with E-state index < -0.39 is 64.7 Å². The van der Waals surface area contributed by atoms with Crippen molar-refractivity contribution < 1.29 is 49.2 Å². The number of imide groups is 1. The molecule has 4 heterocycles. The highest BCUT2D eigenvalue weighted by molar-refractivity contribution is 7.99. The molecule has 23 heteroatoms. The van der Waals surface area contributed by atoms with Gasteiger partial charge in [-0.1, -0.05) is 79.3 Å². The zero-order chi connectivity index (χ0) is 61.0. The van der Waals surface area contributed by atoms with Crippen molar-refractivity contribution in [2.75, 3.05) is 88.0 Å². The maximum atomic E-state index is 14.5. The summed E-state index contributed by atoms with van der Waals surface area (Å²) in [5.74, 6) is 4.58. The summed E-state index contributed by atoms with van der Waals surface area (Å²) < 4.78 is 99.8. The Hall–Kier alpha value is -6.71. The summed E-state index contributed by atoms with van der Waals surface area (Å²) in [6.45, 7) is 12.2. The Kier molecular flexibility index (Phi) is 19.1. The molecule has 0 saturated carbocycles. The molecule has 1 unspecified atom stereocenters. The van der Waals surface area contributed by atoms with Gasteiger partial charge in [-0.05, 0) is 133 Å². The number of carbonyl (C=O) groups is 4. The number of rotatable bonds is 18. The number of amides is 4. The summed E-state index contributed by atoms with van der Waals surface area (Å²) in [7, 11) is -11.1. The number of allylic oxidation sites excluding steroid dienone is 1. The monoisotopic (exact) mass is 1250 g/mol. The van der Waals surface area contributed by atoms with Crippen molar-refractivity contribution in [3.05, 3.63) is 154 Å². The van der Waals surface area contributed by atoms with E-state index in [0.29, 0.717) is 86.7 Å². The smallest absolute Gasteiger partial charge is 0.380 e. The van der Waals surface area contributed by atoms with Crippen LogP contribution in [0.15, 0.2) is 136 Å². The van der Waals surface area contributed by atoms with E-state index in [-0.39, 0.29) is 42.2 Å². The molecular weight excluding hydrogens is 1190 g/mol. The number of hydrogen-bond acceptors (Lipinski definition) is 14. The van der Waals surface area contributed by atoms with Crippen molar-refractivity contribution >= 4 is 83.8 Å². The predicted octanol–water partition coefficient (Wildman–Crippen LogP) is 8.93. The van der Waals surface area contributed by atoms with Crippen molar-refractivity contribution in [2.24, 2.45) is 5.41 Å². The predicted molar refractivity (Wildman–Crippen MR) is 327 cm³/mol. The second-order valence-corrected chi connectivity index (χ2v) is 28.3. The fraction of sp³-hybridized carbons (Fsp3) is 0.397. The molecule has 454 valence electrons. The lowest BCUT2D eigenvalue weighted by Gasteiger charge is -2.39. The summed E-state index contributed by atoms with van der Waals surface area (Å²) in [5.41, 5.74) is 0.670. The van der Waals surface area contributed by atoms with Gasteiger partial charge in [0.1, 0.15) is 10.9 Å². The first-order valence-electron chi connectivity index (χ1n) is 28.7. The van der Waals surface area contributed by atoms with E-state index in [2.05, 4.69) is 68.1 Å². The second kappa shape index (κ2) is 26.3. The Balaban J connectivity index is 0.762. The third-order valence-electron chi connectivity index (χ3n) is 16.6. The van der Waals surface area contributed by atoms with Crippen LogP contribution >= 0.6 is 23.4 Å². The van der Waals surface area contributed by atoms with Crippen molar-refractivity contribution in [1.29, 1.82) is 0 Å². The maximum absolute atomic E-state index is 14.5. The molecule has 1 aliphatic carbocycles. The van der Waals surface area contributed by atoms with E-state index in [1.165, 1.54) is 45.5 Å². The largest absolute Gasteiger partial charge is 0.501 e. The first kappa shape index (κ1) is 62.3. The highest BCUT2D eigenvalue weighted by Crippen LogP contribution is 2.43. The summed E-state index contributed by atoms with van der Waals surface area (Å²) in [5, 5.41) is 6.06. The zero-order valence-corrected chi connectivity index (χ0v) is 51.0. The molecule has 5 aromatic carbocycles. The Morgan fingerprint density at radius 1 is 0.826 bits per heavy atom. The first-order chi connectivity index (χ1) is 41.0. The minimum Gasteiger partial charge on any atom is -0.380 e. The average molecular weight is 1250 g/mol. The number of halogens is 4. The summed E-state index contributed by atoms with van der Waals surface area (Å²) in [4.78, 5) is 60.4. The minimum absolute atomic E-state index is 0.0268. The van der Waals surface area contributed by atoms with E-state index in [1.807, 2.05) is 53.3 Å². The van der Waals surface area contributed by atoms with Crippen molar-refractivity contribution in [3.63, 3.8) is 0 Å². The summed E-state index contributed by atoms with van der Waals surface area (Å²) in [6, 6.07) is 30.1. The zero-order valence-electron chi connectivity index (χ0n) is 47.8. The molecule has 0 aromatic heterocycles. The van der Waals surface area contributed by atoms with Crippen molar-refractivity contribution in [2.45, 2.75) is 91.2 Å². The number of thioether (sulfide) groups is 1. The Morgan fingerprint density at radius 2 is 1.52 bits per heavy atom. The Labute approximate surface area is 509 Å². The lowest BCUT2D eigenvalue weighted by atomic mass is 9.73. The van der Waals surface area contributed by atoms with Crippen LogP contribution in [0.2, 0.25) is 5.02 Å². The van der Waals surface area contributed by atoms with E-state index >= 15 is 0 Å². The third kappa shape index (κ3) is 14.8. The van der Waals surface area contributed by atoms with E-state index in [4.69, 9.17) is 11.6 Å². The number of hydrogen-bond donors (Lipinski definition) is 3. The summed E-state index contributed by atoms with van der Waals surface area (Å²) >= 11 is 7.64. The summed E-state index contributed by atoms with van der Waals surface area (Å²) in [6.07, 6.45) is 3.88. The number of benzene rings is 5. The topological polar surface area (TPSA) is 189 Å². The van der Waals surface area contributed by atoms with Crippen molar-refractivity contribution in [1.82, 2.24) is 29.6 Å². The van der Waals surface area contributed by atoms with Gasteiger partial charge in [-0.15, -0.1) is 11.8 Å². The number of anilines is 2. The lowest BCUT2D eigenvalue weighted by Crippen LogP contribution is -2.52. The molecule has 3 saturated heterocycles. The molecule has 0 radical (unpaired) electrons. The van der Waals surface area contributed by atoms with Crippen LogP contribution in [0.4, 0.5) is 24.5 Å². The molecule has 5 aliphatic rings. The molecule has 5 aromatic rings.